The van der Waals surface area contributed by atoms with Gasteiger partial charge in [-0.2, -0.15) is 10.2 Å². The Morgan fingerprint density at radius 1 is 1.33 bits per heavy atom. The summed E-state index contributed by atoms with van der Waals surface area (Å²) >= 11 is 7.64. The van der Waals surface area contributed by atoms with Gasteiger partial charge in [-0.15, -0.1) is 0 Å². The van der Waals surface area contributed by atoms with Gasteiger partial charge in [0.05, 0.1) is 23.3 Å². The Morgan fingerprint density at radius 3 is 3.00 bits per heavy atom. The van der Waals surface area contributed by atoms with Crippen LogP contribution in [0.3, 0.4) is 0 Å². The molecule has 0 saturated heterocycles. The van der Waals surface area contributed by atoms with Crippen molar-refractivity contribution in [3.8, 4) is 0 Å². The van der Waals surface area contributed by atoms with Gasteiger partial charge in [-0.05, 0) is 65.1 Å². The molecule has 0 amide bonds. The van der Waals surface area contributed by atoms with Crippen LogP contribution in [0.5, 0.6) is 0 Å². The number of aromatic amines is 1. The molecule has 3 aromatic rings. The average Bonchev–Trinajstić information content (AvgIpc) is 2.66. The average molecular weight is 368 g/mol. The van der Waals surface area contributed by atoms with E-state index in [4.69, 9.17) is 12.2 Å². The smallest absolute Gasteiger partial charge is 0.178 e. The van der Waals surface area contributed by atoms with E-state index in [0.29, 0.717) is 11.3 Å². The highest BCUT2D eigenvalue weighted by molar-refractivity contribution is 14.1. The lowest BCUT2D eigenvalue weighted by molar-refractivity contribution is 0.762. The highest BCUT2D eigenvalue weighted by Crippen LogP contribution is 2.18. The van der Waals surface area contributed by atoms with Crippen LogP contribution in [-0.2, 0) is 6.54 Å². The molecule has 0 aliphatic rings. The first kappa shape index (κ1) is 11.8. The first-order chi connectivity index (χ1) is 8.74. The third-order valence-corrected chi connectivity index (χ3v) is 3.68. The second kappa shape index (κ2) is 4.77. The molecule has 0 aliphatic heterocycles. The minimum absolute atomic E-state index is 0.632. The molecular formula is C12H9IN4S. The molecule has 0 unspecified atom stereocenters. The fourth-order valence-electron chi connectivity index (χ4n) is 1.87. The molecule has 0 radical (unpaired) electrons. The summed E-state index contributed by atoms with van der Waals surface area (Å²) < 4.78 is 3.92. The lowest BCUT2D eigenvalue weighted by Crippen LogP contribution is -2.02. The zero-order valence-electron chi connectivity index (χ0n) is 9.30. The molecule has 0 aliphatic carbocycles. The highest BCUT2D eigenvalue weighted by Gasteiger charge is 2.06. The first-order valence-electron chi connectivity index (χ1n) is 5.39. The van der Waals surface area contributed by atoms with E-state index in [2.05, 4.69) is 56.0 Å². The van der Waals surface area contributed by atoms with E-state index in [0.717, 1.165) is 16.7 Å². The predicted octanol–water partition coefficient (Wildman–Crippen LogP) is 3.14. The van der Waals surface area contributed by atoms with Gasteiger partial charge < -0.3 is 9.55 Å². The molecule has 0 fully saturated rings. The van der Waals surface area contributed by atoms with Crippen molar-refractivity contribution >= 4 is 45.8 Å². The summed E-state index contributed by atoms with van der Waals surface area (Å²) in [6, 6.07) is 10.0. The molecule has 0 bridgehead atoms. The number of imidazole rings is 1. The molecule has 18 heavy (non-hydrogen) atoms. The van der Waals surface area contributed by atoms with E-state index in [1.54, 1.807) is 6.20 Å². The molecule has 90 valence electrons. The van der Waals surface area contributed by atoms with E-state index in [9.17, 15) is 0 Å². The number of hydrogen-bond acceptors (Lipinski definition) is 3. The summed E-state index contributed by atoms with van der Waals surface area (Å²) in [4.78, 5) is 3.21. The maximum atomic E-state index is 5.35. The van der Waals surface area contributed by atoms with Gasteiger partial charge in [0, 0.05) is 9.77 Å². The number of H-pyrrole nitrogens is 1. The third-order valence-electron chi connectivity index (χ3n) is 2.68. The van der Waals surface area contributed by atoms with Gasteiger partial charge >= 0.3 is 0 Å². The molecule has 0 atom stereocenters. The van der Waals surface area contributed by atoms with Crippen LogP contribution in [0.15, 0.2) is 36.5 Å². The Morgan fingerprint density at radius 2 is 2.22 bits per heavy atom. The predicted molar refractivity (Wildman–Crippen MR) is 81.0 cm³/mol. The number of benzene rings is 1. The molecule has 2 aromatic heterocycles. The number of aromatic nitrogens is 4. The molecular weight excluding hydrogens is 359 g/mol. The fraction of sp³-hybridized carbons (Fsp3) is 0.0833. The molecule has 3 rings (SSSR count). The molecule has 0 spiro atoms. The molecule has 6 heteroatoms. The van der Waals surface area contributed by atoms with Crippen molar-refractivity contribution in [1.29, 1.82) is 0 Å². The van der Waals surface area contributed by atoms with Gasteiger partial charge in [0.15, 0.2) is 4.77 Å². The van der Waals surface area contributed by atoms with Gasteiger partial charge in [0.1, 0.15) is 0 Å². The number of nitrogens with one attached hydrogen (secondary N) is 1. The lowest BCUT2D eigenvalue weighted by Gasteiger charge is -2.03. The van der Waals surface area contributed by atoms with Crippen LogP contribution in [0, 0.1) is 8.34 Å². The maximum absolute atomic E-state index is 5.35. The van der Waals surface area contributed by atoms with Crippen molar-refractivity contribution in [2.75, 3.05) is 0 Å². The minimum atomic E-state index is 0.632. The quantitative estimate of drug-likeness (QED) is 0.559. The number of fused-ring (bicyclic) bond motifs is 1. The number of halogens is 1. The van der Waals surface area contributed by atoms with Gasteiger partial charge in [0.2, 0.25) is 0 Å². The van der Waals surface area contributed by atoms with Gasteiger partial charge in [-0.1, -0.05) is 0 Å². The minimum Gasteiger partial charge on any atom is -0.331 e. The summed E-state index contributed by atoms with van der Waals surface area (Å²) in [6.45, 7) is 0.632. The second-order valence-electron chi connectivity index (χ2n) is 3.89. The Labute approximate surface area is 122 Å². The molecule has 1 N–H and O–H groups in total. The maximum Gasteiger partial charge on any atom is 0.178 e. The van der Waals surface area contributed by atoms with Crippen molar-refractivity contribution in [3.63, 3.8) is 0 Å². The lowest BCUT2D eigenvalue weighted by atomic mass is 10.3. The molecule has 0 saturated carbocycles. The van der Waals surface area contributed by atoms with Crippen LogP contribution < -0.4 is 0 Å². The Balaban J connectivity index is 2.12. The van der Waals surface area contributed by atoms with Crippen molar-refractivity contribution in [3.05, 3.63) is 50.6 Å². The monoisotopic (exact) mass is 368 g/mol. The van der Waals surface area contributed by atoms with Crippen LogP contribution in [0.4, 0.5) is 0 Å². The van der Waals surface area contributed by atoms with Gasteiger partial charge in [-0.3, -0.25) is 0 Å². The fourth-order valence-corrected chi connectivity index (χ4v) is 2.64. The number of rotatable bonds is 2. The number of hydrogen-bond donors (Lipinski definition) is 1. The SMILES string of the molecule is S=c1[nH]c2cc(I)ccc2n1Cc1cccnn1. The zero-order chi connectivity index (χ0) is 12.5. The topological polar surface area (TPSA) is 46.5 Å². The Hall–Kier alpha value is -1.28. The summed E-state index contributed by atoms with van der Waals surface area (Å²) in [5.74, 6) is 0. The van der Waals surface area contributed by atoms with Crippen LogP contribution in [0.25, 0.3) is 11.0 Å². The Kier molecular flexibility index (Phi) is 3.13. The van der Waals surface area contributed by atoms with Crippen LogP contribution in [0.1, 0.15) is 5.69 Å². The van der Waals surface area contributed by atoms with Crippen molar-refractivity contribution in [1.82, 2.24) is 19.7 Å². The molecule has 2 heterocycles. The Bertz CT molecular complexity index is 748. The highest BCUT2D eigenvalue weighted by atomic mass is 127. The van der Waals surface area contributed by atoms with Gasteiger partial charge in [0.25, 0.3) is 0 Å². The third kappa shape index (κ3) is 2.17. The van der Waals surface area contributed by atoms with E-state index in [-0.39, 0.29) is 0 Å². The van der Waals surface area contributed by atoms with Crippen LogP contribution >= 0.6 is 34.8 Å². The first-order valence-corrected chi connectivity index (χ1v) is 6.87. The summed E-state index contributed by atoms with van der Waals surface area (Å²) in [5.41, 5.74) is 3.04. The second-order valence-corrected chi connectivity index (χ2v) is 5.53. The summed E-state index contributed by atoms with van der Waals surface area (Å²) in [5, 5.41) is 7.97. The van der Waals surface area contributed by atoms with Crippen LogP contribution in [-0.4, -0.2) is 19.7 Å². The normalized spacial score (nSPS) is 10.9. The number of nitrogens with zero attached hydrogens (tertiary/aromatic N) is 3. The van der Waals surface area contributed by atoms with E-state index >= 15 is 0 Å². The van der Waals surface area contributed by atoms with Crippen LogP contribution in [0.2, 0.25) is 0 Å². The zero-order valence-corrected chi connectivity index (χ0v) is 12.3. The van der Waals surface area contributed by atoms with Crippen molar-refractivity contribution in [2.24, 2.45) is 0 Å². The van der Waals surface area contributed by atoms with E-state index < -0.39 is 0 Å². The largest absolute Gasteiger partial charge is 0.331 e. The molecule has 1 aromatic carbocycles. The van der Waals surface area contributed by atoms with E-state index in [1.807, 2.05) is 16.7 Å². The van der Waals surface area contributed by atoms with Crippen molar-refractivity contribution in [2.45, 2.75) is 6.54 Å². The summed E-state index contributed by atoms with van der Waals surface area (Å²) in [7, 11) is 0. The van der Waals surface area contributed by atoms with E-state index in [1.165, 1.54) is 3.57 Å². The van der Waals surface area contributed by atoms with Gasteiger partial charge in [-0.25, -0.2) is 0 Å². The summed E-state index contributed by atoms with van der Waals surface area (Å²) in [6.07, 6.45) is 1.67. The van der Waals surface area contributed by atoms with Crippen molar-refractivity contribution < 1.29 is 0 Å². The molecule has 4 nitrogen and oxygen atoms in total. The standard InChI is InChI=1S/C12H9IN4S/c13-8-3-4-11-10(6-8)15-12(18)17(11)7-9-2-1-5-14-16-9/h1-6H,7H2,(H,15,18).